The lowest BCUT2D eigenvalue weighted by atomic mass is 10.1. The Balaban J connectivity index is 0.000000143. The van der Waals surface area contributed by atoms with E-state index in [1.807, 2.05) is 140 Å². The van der Waals surface area contributed by atoms with Gasteiger partial charge in [0.15, 0.2) is 0 Å². The Labute approximate surface area is 840 Å². The topological polar surface area (TPSA) is 239 Å². The average Bonchev–Trinajstić information content (AvgIpc) is 1.61. The Morgan fingerprint density at radius 2 is 0.778 bits per heavy atom. The van der Waals surface area contributed by atoms with Gasteiger partial charge in [0.1, 0.15) is 0 Å². The number of ether oxygens (including phenoxy) is 2. The summed E-state index contributed by atoms with van der Waals surface area (Å²) < 4.78 is 20.6. The smallest absolute Gasteiger partial charge is 0.337 e. The summed E-state index contributed by atoms with van der Waals surface area (Å²) in [5.41, 5.74) is 29.7. The van der Waals surface area contributed by atoms with E-state index in [0.717, 1.165) is 186 Å². The summed E-state index contributed by atoms with van der Waals surface area (Å²) >= 11 is 26.2. The third-order valence-corrected chi connectivity index (χ3v) is 25.2. The van der Waals surface area contributed by atoms with Crippen LogP contribution in [-0.2, 0) is 65.5 Å². The lowest BCUT2D eigenvalue weighted by Crippen LogP contribution is -2.28. The monoisotopic (exact) mass is 2190 g/mol. The Morgan fingerprint density at radius 1 is 0.385 bits per heavy atom. The van der Waals surface area contributed by atoms with E-state index < -0.39 is 0 Å². The number of aromatic nitrogens is 11. The molecule has 684 valence electrons. The van der Waals surface area contributed by atoms with Gasteiger partial charge in [0.2, 0.25) is 22.8 Å². The number of nitrogens with zero attached hydrogens (tertiary/aromatic N) is 10. The number of benzene rings is 13. The molecule has 7 heterocycles. The van der Waals surface area contributed by atoms with Gasteiger partial charge in [0, 0.05) is 82.9 Å². The highest BCUT2D eigenvalue weighted by atomic mass is 79.9. The molecule has 0 radical (unpaired) electrons. The number of alkyl halides is 2. The maximum absolute atomic E-state index is 12.0. The summed E-state index contributed by atoms with van der Waals surface area (Å²) in [5.74, 6) is 1.09. The van der Waals surface area contributed by atoms with Gasteiger partial charge in [-0.15, -0.1) is 0 Å². The van der Waals surface area contributed by atoms with Crippen LogP contribution in [0.3, 0.4) is 0 Å². The lowest BCUT2D eigenvalue weighted by Gasteiger charge is -2.12. The van der Waals surface area contributed by atoms with Crippen molar-refractivity contribution < 1.29 is 19.1 Å². The summed E-state index contributed by atoms with van der Waals surface area (Å²) in [5, 5.41) is 12.5. The number of imidazole rings is 4. The zero-order valence-electron chi connectivity index (χ0n) is 73.5. The summed E-state index contributed by atoms with van der Waals surface area (Å²) in [6, 6.07) is 112. The van der Waals surface area contributed by atoms with Gasteiger partial charge in [0.25, 0.3) is 0 Å². The van der Waals surface area contributed by atoms with Crippen LogP contribution in [0.2, 0.25) is 5.28 Å². The van der Waals surface area contributed by atoms with Gasteiger partial charge >= 0.3 is 11.9 Å². The number of esters is 2. The van der Waals surface area contributed by atoms with Crippen molar-refractivity contribution >= 4 is 208 Å². The van der Waals surface area contributed by atoms with Crippen molar-refractivity contribution in [3.63, 3.8) is 0 Å². The number of nitrogens with one attached hydrogen (secondary N) is 4. The molecule has 19 nitrogen and oxygen atoms in total. The number of carbonyl (C=O) groups excluding carboxylic acids is 2. The predicted octanol–water partition coefficient (Wildman–Crippen LogP) is 27.1. The van der Waals surface area contributed by atoms with Gasteiger partial charge in [-0.3, -0.25) is 19.9 Å². The molecular weight excluding hydrogens is 2100 g/mol. The van der Waals surface area contributed by atoms with E-state index in [-0.39, 0.29) is 19.4 Å². The number of hydrogen-bond donors (Lipinski definition) is 5. The van der Waals surface area contributed by atoms with Gasteiger partial charge in [-0.25, -0.2) is 24.5 Å². The zero-order valence-corrected chi connectivity index (χ0v) is 83.8. The number of anilines is 2. The Morgan fingerprint density at radius 3 is 1.24 bits per heavy atom. The van der Waals surface area contributed by atoms with Crippen LogP contribution in [0.25, 0.3) is 76.8 Å². The molecule has 0 saturated carbocycles. The van der Waals surface area contributed by atoms with Crippen molar-refractivity contribution in [2.45, 2.75) is 63.4 Å². The highest BCUT2D eigenvalue weighted by Crippen LogP contribution is 2.28. The standard InChI is InChI=1S/C34H29BrN4O2.C25H21BrN4.C15H14BrN3.C10H8BrN.C9H9BrO2.C8H10BrN.C7H5ClN2.CH4/c1-41-33(40)27-15-11-25(12-16-27)22-38-30-9-2-3-10-31(30)39(23-28-7-4-6-26-8-5-20-36-32(26)28)34(38)37-21-19-24-13-17-29(35)18-14-24;26-21-12-10-18(11-13-21)14-16-28-25-29-22-8-1-2-9-23(22)30(25)17-20-6-3-5-19-7-4-15-27-24(19)20;16-12-7-5-11(6-8-12)9-10-17-15-18-13-3-1-2-4-14(13)19-15;11-7-9-4-1-3-8-5-2-6-12-10(8)9;1-12-9(11)8-4-2-7(6-10)3-5-8;9-8-3-1-7(2-4-8)5-6-10;8-7-9-5-3-1-2-4-6(5)10-7;/h2-18,20H,19,21-23H2,1H3;1-13,15H,14,16-17H2,(H,28,29);1-8H,9-10H2,(H2,17,18,19);1-6H,7H2;2-5H,6H2,1H3;1-4H,5-6,10H2;1-4H,(H,9,10);1H4. The molecule has 0 bridgehead atoms. The van der Waals surface area contributed by atoms with E-state index >= 15 is 0 Å². The van der Waals surface area contributed by atoms with Crippen LogP contribution in [0.1, 0.15) is 78.2 Å². The van der Waals surface area contributed by atoms with Gasteiger partial charge in [-0.2, -0.15) is 0 Å². The van der Waals surface area contributed by atoms with Gasteiger partial charge in [0.05, 0.1) is 106 Å². The molecule has 0 spiro atoms. The molecule has 0 aliphatic carbocycles. The van der Waals surface area contributed by atoms with Gasteiger partial charge < -0.3 is 49.5 Å². The predicted molar refractivity (Wildman–Crippen MR) is 575 cm³/mol. The van der Waals surface area contributed by atoms with Crippen molar-refractivity contribution in [2.24, 2.45) is 10.7 Å². The molecule has 13 aromatic carbocycles. The number of methoxy groups -OCH3 is 2. The molecule has 0 aliphatic rings. The third kappa shape index (κ3) is 28.3. The second kappa shape index (κ2) is 51.2. The third-order valence-electron chi connectivity index (χ3n) is 21.7. The Kier molecular flexibility index (Phi) is 37.9. The van der Waals surface area contributed by atoms with Crippen LogP contribution < -0.4 is 22.0 Å². The molecule has 0 unspecified atom stereocenters. The Hall–Kier alpha value is -12.6. The molecule has 0 fully saturated rings. The minimum Gasteiger partial charge on any atom is -0.465 e. The molecule has 0 saturated heterocycles. The molecule has 135 heavy (non-hydrogen) atoms. The molecule has 0 atom stereocenters. The van der Waals surface area contributed by atoms with Crippen molar-refractivity contribution in [3.05, 3.63) is 442 Å². The van der Waals surface area contributed by atoms with Gasteiger partial charge in [-0.1, -0.05) is 297 Å². The van der Waals surface area contributed by atoms with Gasteiger partial charge in [-0.05, 0) is 233 Å². The number of pyridine rings is 3. The Bertz CT molecular complexity index is 7220. The fourth-order valence-electron chi connectivity index (χ4n) is 14.9. The molecule has 20 rings (SSSR count). The number of carbonyl (C=O) groups is 2. The molecule has 26 heteroatoms. The lowest BCUT2D eigenvalue weighted by molar-refractivity contribution is 0.0592. The van der Waals surface area contributed by atoms with Crippen LogP contribution in [0.5, 0.6) is 0 Å². The van der Waals surface area contributed by atoms with Crippen LogP contribution in [0.4, 0.5) is 11.9 Å². The van der Waals surface area contributed by atoms with E-state index in [9.17, 15) is 9.59 Å². The quantitative estimate of drug-likeness (QED) is 0.0296. The van der Waals surface area contributed by atoms with Crippen LogP contribution in [0.15, 0.2) is 375 Å². The maximum Gasteiger partial charge on any atom is 0.337 e. The van der Waals surface area contributed by atoms with Crippen LogP contribution in [-0.4, -0.2) is 106 Å². The van der Waals surface area contributed by atoms with E-state index in [1.54, 1.807) is 12.1 Å². The number of nitrogens with two attached hydrogens (primary N) is 1. The van der Waals surface area contributed by atoms with Crippen molar-refractivity contribution in [3.8, 4) is 0 Å². The minimum absolute atomic E-state index is 0. The number of hydrogen-bond acceptors (Lipinski definition) is 14. The maximum atomic E-state index is 12.0. The first-order valence-corrected chi connectivity index (χ1v) is 49.2. The highest BCUT2D eigenvalue weighted by Gasteiger charge is 2.18. The van der Waals surface area contributed by atoms with E-state index in [2.05, 4.69) is 355 Å². The number of fused-ring (bicyclic) bond motifs is 7. The van der Waals surface area contributed by atoms with Crippen LogP contribution in [0, 0.1) is 0 Å². The number of rotatable bonds is 23. The fourth-order valence-corrected chi connectivity index (χ4v) is 17.0. The van der Waals surface area contributed by atoms with Crippen molar-refractivity contribution in [2.75, 3.05) is 51.0 Å². The first-order chi connectivity index (χ1) is 65.6. The molecule has 7 aromatic heterocycles. The molecule has 0 amide bonds. The first-order valence-electron chi connectivity index (χ1n) is 43.4. The normalized spacial score (nSPS) is 10.9. The second-order valence-corrected chi connectivity index (χ2v) is 35.9. The number of H-pyrrole nitrogens is 2. The number of para-hydroxylation sites is 11. The van der Waals surface area contributed by atoms with Crippen LogP contribution >= 0.6 is 107 Å². The first kappa shape index (κ1) is 99.9. The summed E-state index contributed by atoms with van der Waals surface area (Å²) in [4.78, 5) is 61.4. The number of halogens is 7. The summed E-state index contributed by atoms with van der Waals surface area (Å²) in [7, 11) is 2.77. The zero-order chi connectivity index (χ0) is 93.3. The van der Waals surface area contributed by atoms with E-state index in [4.69, 9.17) is 37.0 Å². The SMILES string of the molecule is BrCc1cccc2cccnc12.Brc1ccc(CCNc2nc3ccccc3[nH]2)cc1.Brc1ccc(CCNc2nc3ccccc3n2Cc2cccc3cccnc23)cc1.C.COC(=O)c1ccc(CBr)cc1.COC(=O)c1ccc(Cn2c(=NCCc3ccc(Br)cc3)n(Cc3cccc4cccnc34)c3ccccc32)cc1.Clc1nc2ccccc2[nH]1.NCCc1ccc(Br)cc1. The molecule has 20 aromatic rings. The summed E-state index contributed by atoms with van der Waals surface area (Å²) in [6.07, 6.45) is 9.24. The van der Waals surface area contributed by atoms with E-state index in [1.165, 1.54) is 53.0 Å². The average molecular weight is 2200 g/mol. The van der Waals surface area contributed by atoms with Crippen molar-refractivity contribution in [1.82, 2.24) is 53.6 Å². The van der Waals surface area contributed by atoms with Crippen molar-refractivity contribution in [1.29, 1.82) is 0 Å². The highest BCUT2D eigenvalue weighted by molar-refractivity contribution is 9.11. The summed E-state index contributed by atoms with van der Waals surface area (Å²) in [6.45, 7) is 5.02. The number of aromatic amines is 2. The largest absolute Gasteiger partial charge is 0.465 e. The second-order valence-electron chi connectivity index (χ2n) is 30.8. The minimum atomic E-state index is -0.340. The molecular formula is C109H100Br6ClN15O4. The molecule has 0 aliphatic heterocycles. The fraction of sp³-hybridized carbons (Fsp3) is 0.147. The van der Waals surface area contributed by atoms with E-state index in [0.29, 0.717) is 36.0 Å². The molecule has 6 N–H and O–H groups in total.